The van der Waals surface area contributed by atoms with Crippen molar-refractivity contribution in [2.45, 2.75) is 6.42 Å². The van der Waals surface area contributed by atoms with Gasteiger partial charge in [0.1, 0.15) is 0 Å². The van der Waals surface area contributed by atoms with E-state index in [1.807, 2.05) is 24.3 Å². The Bertz CT molecular complexity index is 405. The molecule has 0 aromatic heterocycles. The lowest BCUT2D eigenvalue weighted by molar-refractivity contribution is -0.116. The van der Waals surface area contributed by atoms with Crippen molar-refractivity contribution in [3.63, 3.8) is 0 Å². The van der Waals surface area contributed by atoms with Gasteiger partial charge in [-0.25, -0.2) is 0 Å². The van der Waals surface area contributed by atoms with Crippen LogP contribution in [0.1, 0.15) is 6.42 Å². The van der Waals surface area contributed by atoms with Crippen LogP contribution in [-0.2, 0) is 4.79 Å². The van der Waals surface area contributed by atoms with Crippen LogP contribution >= 0.6 is 15.9 Å². The summed E-state index contributed by atoms with van der Waals surface area (Å²) in [5.41, 5.74) is 0.836. The molecule has 98 valence electrons. The van der Waals surface area contributed by atoms with Crippen LogP contribution in [-0.4, -0.2) is 43.5 Å². The van der Waals surface area contributed by atoms with E-state index in [2.05, 4.69) is 31.5 Å². The lowest BCUT2D eigenvalue weighted by Gasteiger charge is -2.26. The van der Waals surface area contributed by atoms with Crippen molar-refractivity contribution in [1.29, 1.82) is 0 Å². The molecule has 0 unspecified atom stereocenters. The summed E-state index contributed by atoms with van der Waals surface area (Å²) in [7, 11) is 0. The summed E-state index contributed by atoms with van der Waals surface area (Å²) < 4.78 is 0.917. The molecule has 1 saturated heterocycles. The molecule has 0 bridgehead atoms. The Balaban J connectivity index is 1.76. The second-order valence-electron chi connectivity index (χ2n) is 4.37. The number of piperazine rings is 1. The second kappa shape index (κ2) is 6.87. The van der Waals surface area contributed by atoms with E-state index in [0.717, 1.165) is 42.9 Å². The molecule has 18 heavy (non-hydrogen) atoms. The third-order valence-corrected chi connectivity index (χ3v) is 3.70. The van der Waals surface area contributed by atoms with Crippen LogP contribution in [0.2, 0.25) is 0 Å². The molecule has 1 aromatic carbocycles. The van der Waals surface area contributed by atoms with Gasteiger partial charge in [0.25, 0.3) is 0 Å². The largest absolute Gasteiger partial charge is 0.325 e. The predicted octanol–water partition coefficient (Wildman–Crippen LogP) is 1.68. The molecule has 0 saturated carbocycles. The monoisotopic (exact) mass is 311 g/mol. The first-order valence-electron chi connectivity index (χ1n) is 6.23. The Kier molecular flexibility index (Phi) is 5.16. The highest BCUT2D eigenvalue weighted by molar-refractivity contribution is 9.10. The van der Waals surface area contributed by atoms with Crippen molar-refractivity contribution >= 4 is 27.5 Å². The summed E-state index contributed by atoms with van der Waals surface area (Å²) in [6.45, 7) is 4.93. The van der Waals surface area contributed by atoms with Gasteiger partial charge in [0.2, 0.25) is 5.91 Å². The molecule has 1 amide bonds. The molecule has 2 N–H and O–H groups in total. The fourth-order valence-corrected chi connectivity index (χ4v) is 2.35. The number of hydrogen-bond acceptors (Lipinski definition) is 3. The number of carbonyl (C=O) groups excluding carboxylic acids is 1. The van der Waals surface area contributed by atoms with Gasteiger partial charge in [-0.1, -0.05) is 12.1 Å². The smallest absolute Gasteiger partial charge is 0.225 e. The van der Waals surface area contributed by atoms with Crippen molar-refractivity contribution in [2.75, 3.05) is 38.0 Å². The van der Waals surface area contributed by atoms with Gasteiger partial charge in [-0.3, -0.25) is 4.79 Å². The average Bonchev–Trinajstić information content (AvgIpc) is 2.40. The topological polar surface area (TPSA) is 44.4 Å². The Labute approximate surface area is 116 Å². The fraction of sp³-hybridized carbons (Fsp3) is 0.462. The number of nitrogens with one attached hydrogen (secondary N) is 2. The molecule has 0 spiro atoms. The molecule has 1 fully saturated rings. The van der Waals surface area contributed by atoms with E-state index in [1.165, 1.54) is 0 Å². The molecule has 4 nitrogen and oxygen atoms in total. The number of anilines is 1. The highest BCUT2D eigenvalue weighted by Gasteiger charge is 2.11. The van der Waals surface area contributed by atoms with Gasteiger partial charge in [-0.15, -0.1) is 0 Å². The summed E-state index contributed by atoms with van der Waals surface area (Å²) in [4.78, 5) is 14.1. The van der Waals surface area contributed by atoms with E-state index in [-0.39, 0.29) is 5.91 Å². The number of carbonyl (C=O) groups is 1. The third kappa shape index (κ3) is 4.08. The van der Waals surface area contributed by atoms with Crippen LogP contribution in [0.4, 0.5) is 5.69 Å². The van der Waals surface area contributed by atoms with Crippen LogP contribution in [0.3, 0.4) is 0 Å². The number of amides is 1. The molecule has 0 radical (unpaired) electrons. The summed E-state index contributed by atoms with van der Waals surface area (Å²) >= 11 is 3.42. The zero-order valence-electron chi connectivity index (χ0n) is 10.3. The van der Waals surface area contributed by atoms with E-state index in [9.17, 15) is 4.79 Å². The molecule has 5 heteroatoms. The van der Waals surface area contributed by atoms with Crippen molar-refractivity contribution in [2.24, 2.45) is 0 Å². The first-order chi connectivity index (χ1) is 8.75. The lowest BCUT2D eigenvalue weighted by Crippen LogP contribution is -2.44. The van der Waals surface area contributed by atoms with Crippen molar-refractivity contribution in [3.05, 3.63) is 28.7 Å². The number of hydrogen-bond donors (Lipinski definition) is 2. The number of halogens is 1. The first-order valence-corrected chi connectivity index (χ1v) is 7.02. The van der Waals surface area contributed by atoms with Crippen molar-refractivity contribution in [1.82, 2.24) is 10.2 Å². The zero-order chi connectivity index (χ0) is 12.8. The van der Waals surface area contributed by atoms with Gasteiger partial charge in [0, 0.05) is 43.6 Å². The highest BCUT2D eigenvalue weighted by Crippen LogP contribution is 2.21. The average molecular weight is 312 g/mol. The SMILES string of the molecule is O=C(CCN1CCNCC1)Nc1ccccc1Br. The minimum Gasteiger partial charge on any atom is -0.325 e. The number of nitrogens with zero attached hydrogens (tertiary/aromatic N) is 1. The molecule has 1 aromatic rings. The molecule has 1 aliphatic rings. The number of rotatable bonds is 4. The van der Waals surface area contributed by atoms with Gasteiger partial charge in [-0.05, 0) is 28.1 Å². The molecular weight excluding hydrogens is 294 g/mol. The van der Waals surface area contributed by atoms with Gasteiger partial charge in [0.05, 0.1) is 5.69 Å². The summed E-state index contributed by atoms with van der Waals surface area (Å²) in [6, 6.07) is 7.66. The summed E-state index contributed by atoms with van der Waals surface area (Å²) in [6.07, 6.45) is 0.543. The maximum atomic E-state index is 11.8. The van der Waals surface area contributed by atoms with E-state index < -0.39 is 0 Å². The maximum absolute atomic E-state index is 11.8. The fourth-order valence-electron chi connectivity index (χ4n) is 1.97. The van der Waals surface area contributed by atoms with Crippen molar-refractivity contribution < 1.29 is 4.79 Å². The minimum absolute atomic E-state index is 0.0698. The van der Waals surface area contributed by atoms with Crippen molar-refractivity contribution in [3.8, 4) is 0 Å². The van der Waals surface area contributed by atoms with Crippen LogP contribution in [0.25, 0.3) is 0 Å². The molecule has 1 aliphatic heterocycles. The van der Waals surface area contributed by atoms with E-state index in [4.69, 9.17) is 0 Å². The van der Waals surface area contributed by atoms with Gasteiger partial charge >= 0.3 is 0 Å². The second-order valence-corrected chi connectivity index (χ2v) is 5.22. The minimum atomic E-state index is 0.0698. The van der Waals surface area contributed by atoms with E-state index in [0.29, 0.717) is 6.42 Å². The molecule has 0 atom stereocenters. The Morgan fingerprint density at radius 3 is 2.78 bits per heavy atom. The van der Waals surface area contributed by atoms with Crippen LogP contribution in [0.5, 0.6) is 0 Å². The third-order valence-electron chi connectivity index (χ3n) is 3.01. The first kappa shape index (κ1) is 13.5. The Morgan fingerprint density at radius 1 is 1.33 bits per heavy atom. The normalized spacial score (nSPS) is 16.5. The van der Waals surface area contributed by atoms with E-state index in [1.54, 1.807) is 0 Å². The van der Waals surface area contributed by atoms with Crippen LogP contribution in [0.15, 0.2) is 28.7 Å². The molecular formula is C13H18BrN3O. The highest BCUT2D eigenvalue weighted by atomic mass is 79.9. The zero-order valence-corrected chi connectivity index (χ0v) is 11.9. The predicted molar refractivity (Wildman–Crippen MR) is 76.7 cm³/mol. The Morgan fingerprint density at radius 2 is 2.06 bits per heavy atom. The van der Waals surface area contributed by atoms with E-state index >= 15 is 0 Å². The van der Waals surface area contributed by atoms with Gasteiger partial charge in [-0.2, -0.15) is 0 Å². The molecule has 0 aliphatic carbocycles. The maximum Gasteiger partial charge on any atom is 0.225 e. The summed E-state index contributed by atoms with van der Waals surface area (Å²) in [5.74, 6) is 0.0698. The van der Waals surface area contributed by atoms with Gasteiger partial charge < -0.3 is 15.5 Å². The van der Waals surface area contributed by atoms with Gasteiger partial charge in [0.15, 0.2) is 0 Å². The number of benzene rings is 1. The Hall–Kier alpha value is -0.910. The van der Waals surface area contributed by atoms with Crippen LogP contribution < -0.4 is 10.6 Å². The lowest BCUT2D eigenvalue weighted by atomic mass is 10.3. The quantitative estimate of drug-likeness (QED) is 0.889. The summed E-state index contributed by atoms with van der Waals surface area (Å²) in [5, 5.41) is 6.22. The molecule has 1 heterocycles. The number of para-hydroxylation sites is 1. The van der Waals surface area contributed by atoms with Crippen LogP contribution in [0, 0.1) is 0 Å². The molecule has 2 rings (SSSR count). The standard InChI is InChI=1S/C13H18BrN3O/c14-11-3-1-2-4-12(11)16-13(18)5-8-17-9-6-15-7-10-17/h1-4,15H,5-10H2,(H,16,18).